The number of benzene rings is 1. The summed E-state index contributed by atoms with van der Waals surface area (Å²) in [5.74, 6) is 2.08. The molecule has 5 heteroatoms. The third-order valence-corrected chi connectivity index (χ3v) is 10.6. The van der Waals surface area contributed by atoms with Crippen LogP contribution in [0.1, 0.15) is 71.6 Å². The van der Waals surface area contributed by atoms with E-state index in [9.17, 15) is 14.4 Å². The van der Waals surface area contributed by atoms with Crippen LogP contribution >= 0.6 is 0 Å². The minimum absolute atomic E-state index is 0.267. The Morgan fingerprint density at radius 2 is 1.85 bits per heavy atom. The van der Waals surface area contributed by atoms with Gasteiger partial charge in [-0.1, -0.05) is 55.3 Å². The van der Waals surface area contributed by atoms with Gasteiger partial charge in [0.05, 0.1) is 21.9 Å². The molecule has 33 heavy (non-hydrogen) atoms. The van der Waals surface area contributed by atoms with Gasteiger partial charge in [0.1, 0.15) is 0 Å². The van der Waals surface area contributed by atoms with E-state index in [0.29, 0.717) is 47.7 Å². The van der Waals surface area contributed by atoms with Crippen molar-refractivity contribution in [3.63, 3.8) is 0 Å². The molecule has 4 rings (SSSR count). The van der Waals surface area contributed by atoms with Gasteiger partial charge in [0.2, 0.25) is 0 Å². The van der Waals surface area contributed by atoms with Crippen molar-refractivity contribution < 1.29 is 14.4 Å². The van der Waals surface area contributed by atoms with E-state index < -0.39 is 21.9 Å². The molecule has 0 spiro atoms. The van der Waals surface area contributed by atoms with E-state index in [1.165, 1.54) is 31.3 Å². The maximum atomic E-state index is 13.0. The summed E-state index contributed by atoms with van der Waals surface area (Å²) < 4.78 is 21.5. The van der Waals surface area contributed by atoms with Crippen molar-refractivity contribution in [3.05, 3.63) is 53.6 Å². The van der Waals surface area contributed by atoms with Crippen LogP contribution in [0.25, 0.3) is 0 Å². The lowest BCUT2D eigenvalue weighted by Gasteiger charge is -2.44. The van der Waals surface area contributed by atoms with Gasteiger partial charge in [-0.2, -0.15) is 0 Å². The molecule has 1 aromatic rings. The predicted molar refractivity (Wildman–Crippen MR) is 134 cm³/mol. The summed E-state index contributed by atoms with van der Waals surface area (Å²) in [6.07, 6.45) is 12.3. The highest BCUT2D eigenvalue weighted by atomic mass is 32.2. The molecule has 1 aromatic carbocycles. The summed E-state index contributed by atoms with van der Waals surface area (Å²) in [6.45, 7) is 4.78. The average Bonchev–Trinajstić information content (AvgIpc) is 3.13. The van der Waals surface area contributed by atoms with Gasteiger partial charge in [-0.25, -0.2) is 8.99 Å². The minimum atomic E-state index is -2.73. The predicted octanol–water partition coefficient (Wildman–Crippen LogP) is 6.09. The molecule has 3 saturated carbocycles. The zero-order valence-corrected chi connectivity index (χ0v) is 21.0. The maximum Gasteiger partial charge on any atom is 0.0726 e. The smallest absolute Gasteiger partial charge is 0.0726 e. The largest absolute Gasteiger partial charge is 0.393 e. The molecular weight excluding hydrogens is 430 g/mol. The zero-order valence-electron chi connectivity index (χ0n) is 20.2. The molecule has 182 valence electrons. The Bertz CT molecular complexity index is 972. The van der Waals surface area contributed by atoms with Crippen LogP contribution in [0.15, 0.2) is 58.5 Å². The molecule has 7 atom stereocenters. The number of hydrogen-bond acceptors (Lipinski definition) is 4. The van der Waals surface area contributed by atoms with Gasteiger partial charge < -0.3 is 10.2 Å². The molecule has 0 bridgehead atoms. The van der Waals surface area contributed by atoms with Crippen LogP contribution in [0.5, 0.6) is 0 Å². The minimum Gasteiger partial charge on any atom is -0.393 e. The van der Waals surface area contributed by atoms with Crippen molar-refractivity contribution >= 4 is 9.73 Å². The highest BCUT2D eigenvalue weighted by molar-refractivity contribution is 7.92. The molecule has 4 nitrogen and oxygen atoms in total. The van der Waals surface area contributed by atoms with Gasteiger partial charge in [-0.15, -0.1) is 0 Å². The van der Waals surface area contributed by atoms with Crippen LogP contribution in [0.2, 0.25) is 0 Å². The van der Waals surface area contributed by atoms with Gasteiger partial charge >= 0.3 is 0 Å². The topological polar surface area (TPSA) is 81.4 Å². The highest BCUT2D eigenvalue weighted by Crippen LogP contribution is 2.59. The van der Waals surface area contributed by atoms with E-state index in [-0.39, 0.29) is 5.41 Å². The fraction of sp³-hybridized carbons (Fsp3) is 0.643. The molecule has 0 aromatic heterocycles. The van der Waals surface area contributed by atoms with Gasteiger partial charge in [0, 0.05) is 10.6 Å². The van der Waals surface area contributed by atoms with Crippen molar-refractivity contribution in [2.24, 2.45) is 23.2 Å². The number of allylic oxidation sites excluding steroid dienone is 3. The van der Waals surface area contributed by atoms with Crippen LogP contribution in [0, 0.1) is 27.9 Å². The Morgan fingerprint density at radius 1 is 1.15 bits per heavy atom. The second-order valence-corrected chi connectivity index (χ2v) is 13.3. The molecule has 3 N–H and O–H groups in total. The first-order valence-electron chi connectivity index (χ1n) is 12.8. The normalized spacial score (nSPS) is 36.2. The molecule has 3 aliphatic carbocycles. The fourth-order valence-electron chi connectivity index (χ4n) is 7.06. The molecule has 0 heterocycles. The van der Waals surface area contributed by atoms with Crippen LogP contribution in [-0.4, -0.2) is 32.4 Å². The Balaban J connectivity index is 1.44. The number of fused-ring (bicyclic) bond motifs is 1. The summed E-state index contributed by atoms with van der Waals surface area (Å²) >= 11 is 0. The van der Waals surface area contributed by atoms with Crippen LogP contribution < -0.4 is 0 Å². The van der Waals surface area contributed by atoms with Crippen molar-refractivity contribution in [1.29, 1.82) is 4.78 Å². The Hall–Kier alpha value is -1.43. The number of hydrogen-bond donors (Lipinski definition) is 3. The van der Waals surface area contributed by atoms with E-state index in [2.05, 4.69) is 26.0 Å². The molecule has 3 fully saturated rings. The van der Waals surface area contributed by atoms with Crippen molar-refractivity contribution in [3.8, 4) is 0 Å². The first kappa shape index (κ1) is 24.7. The summed E-state index contributed by atoms with van der Waals surface area (Å²) in [6, 6.07) is 9.29. The second kappa shape index (κ2) is 10.1. The van der Waals surface area contributed by atoms with E-state index in [0.717, 1.165) is 18.4 Å². The number of rotatable bonds is 6. The Kier molecular flexibility index (Phi) is 7.52. The molecule has 3 aliphatic rings. The molecule has 0 aliphatic heterocycles. The monoisotopic (exact) mass is 471 g/mol. The van der Waals surface area contributed by atoms with Crippen LogP contribution in [0.4, 0.5) is 0 Å². The van der Waals surface area contributed by atoms with Crippen LogP contribution in [0.3, 0.4) is 0 Å². The highest BCUT2D eigenvalue weighted by Gasteiger charge is 2.50. The second-order valence-electron chi connectivity index (χ2n) is 11.1. The van der Waals surface area contributed by atoms with Gasteiger partial charge in [-0.3, -0.25) is 0 Å². The summed E-state index contributed by atoms with van der Waals surface area (Å²) in [4.78, 5) is 0.654. The molecular formula is C28H41NO3S. The van der Waals surface area contributed by atoms with E-state index >= 15 is 0 Å². The standard InChI is InChI=1S/C28H41NO3S/c1-20(14-16-33(29,32)25-8-4-3-5-9-25)26-12-13-27-22(7-6-15-28(26,27)2)11-10-21-17-23(30)19-24(31)18-21/h3-5,8-11,20,23-24,26-27,29-31H,6-7,12-19H2,1-2H3/b22-11+/t20-,23-,24-,26-,27+,28-,33?/m1/s1. The zero-order chi connectivity index (χ0) is 23.6. The van der Waals surface area contributed by atoms with E-state index in [1.807, 2.05) is 30.3 Å². The lowest BCUT2D eigenvalue weighted by Crippen LogP contribution is -2.36. The van der Waals surface area contributed by atoms with Crippen molar-refractivity contribution in [2.75, 3.05) is 5.75 Å². The van der Waals surface area contributed by atoms with Crippen molar-refractivity contribution in [2.45, 2.75) is 88.7 Å². The Labute approximate surface area is 200 Å². The number of nitrogens with one attached hydrogen (secondary N) is 1. The van der Waals surface area contributed by atoms with E-state index in [1.54, 1.807) is 0 Å². The van der Waals surface area contributed by atoms with Crippen molar-refractivity contribution in [1.82, 2.24) is 0 Å². The summed E-state index contributed by atoms with van der Waals surface area (Å²) in [5.41, 5.74) is 2.97. The first-order valence-corrected chi connectivity index (χ1v) is 14.5. The molecule has 0 saturated heterocycles. The third-order valence-electron chi connectivity index (χ3n) is 8.78. The average molecular weight is 472 g/mol. The van der Waals surface area contributed by atoms with Gasteiger partial charge in [0.25, 0.3) is 0 Å². The lowest BCUT2D eigenvalue weighted by atomic mass is 9.61. The van der Waals surface area contributed by atoms with Crippen LogP contribution in [-0.2, 0) is 9.73 Å². The third kappa shape index (κ3) is 5.47. The maximum absolute atomic E-state index is 13.0. The summed E-state index contributed by atoms with van der Waals surface area (Å²) in [5, 5.41) is 20.0. The lowest BCUT2D eigenvalue weighted by molar-refractivity contribution is 0.0609. The SMILES string of the molecule is C[C@H](CCS(=N)(=O)c1ccccc1)[C@H]1CC[C@H]2/C(=C/C=C3C[C@@H](O)C[C@H](O)C3)CCC[C@]12C. The van der Waals surface area contributed by atoms with Gasteiger partial charge in [0.15, 0.2) is 0 Å². The molecule has 0 radical (unpaired) electrons. The van der Waals surface area contributed by atoms with E-state index in [4.69, 9.17) is 4.78 Å². The Morgan fingerprint density at radius 3 is 2.55 bits per heavy atom. The molecule has 0 amide bonds. The summed E-state index contributed by atoms with van der Waals surface area (Å²) in [7, 11) is -2.73. The fourth-order valence-corrected chi connectivity index (χ4v) is 8.59. The quantitative estimate of drug-likeness (QED) is 0.469. The first-order chi connectivity index (χ1) is 15.7. The number of aliphatic hydroxyl groups is 2. The molecule has 1 unspecified atom stereocenters. The van der Waals surface area contributed by atoms with Gasteiger partial charge in [-0.05, 0) is 93.1 Å². The number of aliphatic hydroxyl groups excluding tert-OH is 2.